The minimum atomic E-state index is -0.445. The van der Waals surface area contributed by atoms with E-state index >= 15 is 0 Å². The van der Waals surface area contributed by atoms with Crippen molar-refractivity contribution in [2.24, 2.45) is 11.7 Å². The van der Waals surface area contributed by atoms with Crippen molar-refractivity contribution >= 4 is 21.8 Å². The van der Waals surface area contributed by atoms with Gasteiger partial charge in [-0.05, 0) is 36.5 Å². The molecule has 0 aliphatic carbocycles. The molecule has 0 aromatic heterocycles. The number of benzene rings is 1. The van der Waals surface area contributed by atoms with Crippen molar-refractivity contribution in [1.29, 1.82) is 0 Å². The predicted molar refractivity (Wildman–Crippen MR) is 96.3 cm³/mol. The van der Waals surface area contributed by atoms with Crippen LogP contribution in [0.2, 0.25) is 0 Å². The number of carbonyl (C=O) groups excluding carboxylic acids is 1. The SMILES string of the molecule is CCC(C)C(N)C(=O)NCC1(c2cccc(Br)c2)CCOCC1. The lowest BCUT2D eigenvalue weighted by Gasteiger charge is -2.38. The number of amides is 1. The van der Waals surface area contributed by atoms with Crippen LogP contribution in [0.1, 0.15) is 38.7 Å². The molecule has 5 heteroatoms. The Balaban J connectivity index is 2.12. The van der Waals surface area contributed by atoms with E-state index in [2.05, 4.69) is 40.3 Å². The number of halogens is 1. The van der Waals surface area contributed by atoms with Gasteiger partial charge in [-0.25, -0.2) is 0 Å². The molecule has 1 saturated heterocycles. The molecule has 1 aliphatic rings. The van der Waals surface area contributed by atoms with Crippen LogP contribution in [-0.2, 0) is 14.9 Å². The molecule has 1 heterocycles. The lowest BCUT2D eigenvalue weighted by atomic mass is 9.74. The summed E-state index contributed by atoms with van der Waals surface area (Å²) in [5.74, 6) is 0.131. The maximum absolute atomic E-state index is 12.3. The molecule has 0 spiro atoms. The second-order valence-corrected chi connectivity index (χ2v) is 7.45. The Morgan fingerprint density at radius 2 is 2.13 bits per heavy atom. The summed E-state index contributed by atoms with van der Waals surface area (Å²) < 4.78 is 6.60. The molecule has 0 bridgehead atoms. The van der Waals surface area contributed by atoms with Crippen LogP contribution >= 0.6 is 15.9 Å². The van der Waals surface area contributed by atoms with Gasteiger partial charge in [0.2, 0.25) is 5.91 Å². The number of hydrogen-bond acceptors (Lipinski definition) is 3. The molecule has 0 radical (unpaired) electrons. The molecular formula is C18H27BrN2O2. The van der Waals surface area contributed by atoms with Crippen molar-refractivity contribution in [2.45, 2.75) is 44.6 Å². The summed E-state index contributed by atoms with van der Waals surface area (Å²) >= 11 is 3.55. The van der Waals surface area contributed by atoms with Crippen molar-refractivity contribution in [2.75, 3.05) is 19.8 Å². The molecule has 2 rings (SSSR count). The highest BCUT2D eigenvalue weighted by Crippen LogP contribution is 2.35. The summed E-state index contributed by atoms with van der Waals surface area (Å²) in [5.41, 5.74) is 7.22. The van der Waals surface area contributed by atoms with Gasteiger partial charge in [0, 0.05) is 29.6 Å². The number of ether oxygens (including phenoxy) is 1. The summed E-state index contributed by atoms with van der Waals surface area (Å²) in [6, 6.07) is 7.90. The Morgan fingerprint density at radius 3 is 2.74 bits per heavy atom. The van der Waals surface area contributed by atoms with Gasteiger partial charge >= 0.3 is 0 Å². The first-order valence-corrected chi connectivity index (χ1v) is 9.15. The third-order valence-corrected chi connectivity index (χ3v) is 5.54. The summed E-state index contributed by atoms with van der Waals surface area (Å²) in [6.07, 6.45) is 2.71. The summed E-state index contributed by atoms with van der Waals surface area (Å²) in [5, 5.41) is 3.09. The normalized spacial score (nSPS) is 19.8. The zero-order chi connectivity index (χ0) is 16.9. The monoisotopic (exact) mass is 382 g/mol. The summed E-state index contributed by atoms with van der Waals surface area (Å²) in [4.78, 5) is 12.3. The Bertz CT molecular complexity index is 530. The summed E-state index contributed by atoms with van der Waals surface area (Å²) in [7, 11) is 0. The van der Waals surface area contributed by atoms with Gasteiger partial charge in [-0.2, -0.15) is 0 Å². The fraction of sp³-hybridized carbons (Fsp3) is 0.611. The van der Waals surface area contributed by atoms with E-state index in [9.17, 15) is 4.79 Å². The predicted octanol–water partition coefficient (Wildman–Crippen LogP) is 2.99. The number of carbonyl (C=O) groups is 1. The Morgan fingerprint density at radius 1 is 1.43 bits per heavy atom. The van der Waals surface area contributed by atoms with E-state index in [4.69, 9.17) is 10.5 Å². The molecule has 1 aromatic rings. The fourth-order valence-electron chi connectivity index (χ4n) is 3.03. The van der Waals surface area contributed by atoms with Crippen molar-refractivity contribution in [1.82, 2.24) is 5.32 Å². The van der Waals surface area contributed by atoms with Gasteiger partial charge < -0.3 is 15.8 Å². The lowest BCUT2D eigenvalue weighted by molar-refractivity contribution is -0.123. The molecule has 0 saturated carbocycles. The summed E-state index contributed by atoms with van der Waals surface area (Å²) in [6.45, 7) is 6.12. The van der Waals surface area contributed by atoms with E-state index in [1.807, 2.05) is 19.1 Å². The first-order valence-electron chi connectivity index (χ1n) is 8.35. The topological polar surface area (TPSA) is 64.4 Å². The Hall–Kier alpha value is -0.910. The van der Waals surface area contributed by atoms with E-state index in [0.29, 0.717) is 6.54 Å². The fourth-order valence-corrected chi connectivity index (χ4v) is 3.43. The second-order valence-electron chi connectivity index (χ2n) is 6.53. The van der Waals surface area contributed by atoms with E-state index in [0.717, 1.165) is 36.9 Å². The van der Waals surface area contributed by atoms with E-state index in [1.165, 1.54) is 5.56 Å². The zero-order valence-electron chi connectivity index (χ0n) is 14.0. The maximum Gasteiger partial charge on any atom is 0.237 e. The lowest BCUT2D eigenvalue weighted by Crippen LogP contribution is -2.50. The van der Waals surface area contributed by atoms with E-state index < -0.39 is 6.04 Å². The maximum atomic E-state index is 12.3. The van der Waals surface area contributed by atoms with Gasteiger partial charge in [-0.1, -0.05) is 48.3 Å². The highest BCUT2D eigenvalue weighted by Gasteiger charge is 2.35. The van der Waals surface area contributed by atoms with Gasteiger partial charge in [0.15, 0.2) is 0 Å². The average molecular weight is 383 g/mol. The van der Waals surface area contributed by atoms with Crippen LogP contribution in [0, 0.1) is 5.92 Å². The number of nitrogens with one attached hydrogen (secondary N) is 1. The molecule has 3 N–H and O–H groups in total. The molecule has 1 aromatic carbocycles. The Labute approximate surface area is 147 Å². The molecule has 2 atom stereocenters. The molecule has 128 valence electrons. The highest BCUT2D eigenvalue weighted by molar-refractivity contribution is 9.10. The van der Waals surface area contributed by atoms with Crippen LogP contribution in [0.5, 0.6) is 0 Å². The average Bonchev–Trinajstić information content (AvgIpc) is 2.59. The van der Waals surface area contributed by atoms with Crippen molar-refractivity contribution in [3.05, 3.63) is 34.3 Å². The molecule has 1 aliphatic heterocycles. The zero-order valence-corrected chi connectivity index (χ0v) is 15.6. The van der Waals surface area contributed by atoms with Crippen LogP contribution in [0.4, 0.5) is 0 Å². The minimum Gasteiger partial charge on any atom is -0.381 e. The second kappa shape index (κ2) is 8.27. The molecule has 1 amide bonds. The van der Waals surface area contributed by atoms with Gasteiger partial charge in [-0.15, -0.1) is 0 Å². The van der Waals surface area contributed by atoms with E-state index in [1.54, 1.807) is 0 Å². The van der Waals surface area contributed by atoms with E-state index in [-0.39, 0.29) is 17.2 Å². The van der Waals surface area contributed by atoms with Crippen LogP contribution < -0.4 is 11.1 Å². The van der Waals surface area contributed by atoms with Crippen molar-refractivity contribution < 1.29 is 9.53 Å². The smallest absolute Gasteiger partial charge is 0.237 e. The van der Waals surface area contributed by atoms with Gasteiger partial charge in [0.25, 0.3) is 0 Å². The standard InChI is InChI=1S/C18H27BrN2O2/c1-3-13(2)16(20)17(22)21-12-18(7-9-23-10-8-18)14-5-4-6-15(19)11-14/h4-6,11,13,16H,3,7-10,12,20H2,1-2H3,(H,21,22). The molecule has 1 fully saturated rings. The first kappa shape index (κ1) is 18.4. The third kappa shape index (κ3) is 4.55. The third-order valence-electron chi connectivity index (χ3n) is 5.05. The van der Waals surface area contributed by atoms with Crippen molar-refractivity contribution in [3.63, 3.8) is 0 Å². The number of hydrogen-bond donors (Lipinski definition) is 2. The highest BCUT2D eigenvalue weighted by atomic mass is 79.9. The number of nitrogens with two attached hydrogens (primary N) is 1. The van der Waals surface area contributed by atoms with Gasteiger partial charge in [0.05, 0.1) is 6.04 Å². The van der Waals surface area contributed by atoms with Gasteiger partial charge in [-0.3, -0.25) is 4.79 Å². The van der Waals surface area contributed by atoms with Crippen LogP contribution in [0.15, 0.2) is 28.7 Å². The van der Waals surface area contributed by atoms with Gasteiger partial charge in [0.1, 0.15) is 0 Å². The molecular weight excluding hydrogens is 356 g/mol. The largest absolute Gasteiger partial charge is 0.381 e. The Kier molecular flexibility index (Phi) is 6.62. The molecule has 4 nitrogen and oxygen atoms in total. The first-order chi connectivity index (χ1) is 11.0. The molecule has 23 heavy (non-hydrogen) atoms. The molecule has 2 unspecified atom stereocenters. The van der Waals surface area contributed by atoms with Crippen molar-refractivity contribution in [3.8, 4) is 0 Å². The van der Waals surface area contributed by atoms with Crippen LogP contribution in [-0.4, -0.2) is 31.7 Å². The minimum absolute atomic E-state index is 0.0554. The number of rotatable bonds is 6. The van der Waals surface area contributed by atoms with Crippen LogP contribution in [0.3, 0.4) is 0 Å². The quantitative estimate of drug-likeness (QED) is 0.794. The van der Waals surface area contributed by atoms with Crippen LogP contribution in [0.25, 0.3) is 0 Å².